The molecule has 2 aromatic rings. The minimum Gasteiger partial charge on any atom is -0.421 e. The average molecular weight is 279 g/mol. The van der Waals surface area contributed by atoms with Crippen LogP contribution >= 0.6 is 11.3 Å². The van der Waals surface area contributed by atoms with Gasteiger partial charge in [0.2, 0.25) is 17.7 Å². The molecular weight excluding hydrogens is 262 g/mol. The first-order chi connectivity index (χ1) is 9.15. The third-order valence-electron chi connectivity index (χ3n) is 2.51. The summed E-state index contributed by atoms with van der Waals surface area (Å²) in [6, 6.07) is 1.93. The Bertz CT molecular complexity index is 520. The van der Waals surface area contributed by atoms with E-state index in [9.17, 15) is 4.79 Å². The van der Waals surface area contributed by atoms with E-state index in [-0.39, 0.29) is 5.91 Å². The zero-order valence-electron chi connectivity index (χ0n) is 11.0. The summed E-state index contributed by atoms with van der Waals surface area (Å²) in [4.78, 5) is 11.6. The molecule has 0 atom stereocenters. The number of carbonyl (C=O) groups excluding carboxylic acids is 1. The van der Waals surface area contributed by atoms with Gasteiger partial charge in [0.1, 0.15) is 0 Å². The van der Waals surface area contributed by atoms with Gasteiger partial charge in [-0.2, -0.15) is 11.3 Å². The standard InChI is InChI=1S/C13H17N3O2S/c1-9(2)7-14-11(17)3-4-12-15-16-13(18-12)10-5-6-19-8-10/h5-6,8-9H,3-4,7H2,1-2H3,(H,14,17). The third-order valence-corrected chi connectivity index (χ3v) is 3.19. The number of thiophene rings is 1. The van der Waals surface area contributed by atoms with Crippen molar-refractivity contribution in [2.45, 2.75) is 26.7 Å². The van der Waals surface area contributed by atoms with Gasteiger partial charge in [0.25, 0.3) is 0 Å². The number of aromatic nitrogens is 2. The van der Waals surface area contributed by atoms with Crippen molar-refractivity contribution in [2.75, 3.05) is 6.54 Å². The van der Waals surface area contributed by atoms with Crippen molar-refractivity contribution in [2.24, 2.45) is 5.92 Å². The summed E-state index contributed by atoms with van der Waals surface area (Å²) in [6.45, 7) is 4.82. The highest BCUT2D eigenvalue weighted by Crippen LogP contribution is 2.20. The smallest absolute Gasteiger partial charge is 0.248 e. The van der Waals surface area contributed by atoms with Crippen LogP contribution in [0, 0.1) is 5.92 Å². The van der Waals surface area contributed by atoms with E-state index in [1.165, 1.54) is 0 Å². The lowest BCUT2D eigenvalue weighted by atomic mass is 10.2. The zero-order chi connectivity index (χ0) is 13.7. The molecule has 0 fully saturated rings. The summed E-state index contributed by atoms with van der Waals surface area (Å²) in [5.41, 5.74) is 0.924. The Morgan fingerprint density at radius 2 is 2.32 bits per heavy atom. The molecular formula is C13H17N3O2S. The Morgan fingerprint density at radius 3 is 3.00 bits per heavy atom. The molecule has 0 spiro atoms. The van der Waals surface area contributed by atoms with E-state index < -0.39 is 0 Å². The maximum absolute atomic E-state index is 11.6. The van der Waals surface area contributed by atoms with E-state index in [1.807, 2.05) is 16.8 Å². The van der Waals surface area contributed by atoms with E-state index in [1.54, 1.807) is 11.3 Å². The van der Waals surface area contributed by atoms with Crippen LogP contribution in [0.2, 0.25) is 0 Å². The molecule has 0 saturated carbocycles. The number of carbonyl (C=O) groups is 1. The number of amides is 1. The van der Waals surface area contributed by atoms with Gasteiger partial charge < -0.3 is 9.73 Å². The highest BCUT2D eigenvalue weighted by molar-refractivity contribution is 7.08. The normalized spacial score (nSPS) is 10.9. The summed E-state index contributed by atoms with van der Waals surface area (Å²) < 4.78 is 5.51. The fourth-order valence-electron chi connectivity index (χ4n) is 1.48. The van der Waals surface area contributed by atoms with E-state index >= 15 is 0 Å². The van der Waals surface area contributed by atoms with Gasteiger partial charge in [-0.1, -0.05) is 13.8 Å². The largest absolute Gasteiger partial charge is 0.421 e. The Labute approximate surface area is 116 Å². The van der Waals surface area contributed by atoms with Crippen molar-refractivity contribution >= 4 is 17.2 Å². The predicted octanol–water partition coefficient (Wildman–Crippen LogP) is 2.50. The second kappa shape index (κ2) is 6.47. The molecule has 0 unspecified atom stereocenters. The molecule has 1 amide bonds. The SMILES string of the molecule is CC(C)CNC(=O)CCc1nnc(-c2ccsc2)o1. The van der Waals surface area contributed by atoms with Gasteiger partial charge >= 0.3 is 0 Å². The first kappa shape index (κ1) is 13.7. The number of aryl methyl sites for hydroxylation is 1. The van der Waals surface area contributed by atoms with E-state index in [2.05, 4.69) is 29.4 Å². The van der Waals surface area contributed by atoms with Crippen LogP contribution in [0.5, 0.6) is 0 Å². The minimum absolute atomic E-state index is 0.0176. The second-order valence-corrected chi connectivity index (χ2v) is 5.49. The first-order valence-corrected chi connectivity index (χ1v) is 7.21. The molecule has 0 aliphatic carbocycles. The number of rotatable bonds is 6. The van der Waals surface area contributed by atoms with Crippen molar-refractivity contribution in [1.82, 2.24) is 15.5 Å². The van der Waals surface area contributed by atoms with Gasteiger partial charge in [-0.15, -0.1) is 10.2 Å². The van der Waals surface area contributed by atoms with Crippen LogP contribution < -0.4 is 5.32 Å². The Morgan fingerprint density at radius 1 is 1.47 bits per heavy atom. The predicted molar refractivity (Wildman–Crippen MR) is 73.8 cm³/mol. The molecule has 0 aliphatic rings. The van der Waals surface area contributed by atoms with Crippen molar-refractivity contribution in [3.63, 3.8) is 0 Å². The fourth-order valence-corrected chi connectivity index (χ4v) is 2.11. The zero-order valence-corrected chi connectivity index (χ0v) is 11.9. The number of hydrogen-bond acceptors (Lipinski definition) is 5. The molecule has 102 valence electrons. The third kappa shape index (κ3) is 4.17. The summed E-state index contributed by atoms with van der Waals surface area (Å²) in [7, 11) is 0. The number of nitrogens with zero attached hydrogens (tertiary/aromatic N) is 2. The first-order valence-electron chi connectivity index (χ1n) is 6.27. The van der Waals surface area contributed by atoms with E-state index in [0.717, 1.165) is 5.56 Å². The van der Waals surface area contributed by atoms with Gasteiger partial charge in [-0.25, -0.2) is 0 Å². The summed E-state index contributed by atoms with van der Waals surface area (Å²) in [5.74, 6) is 1.49. The van der Waals surface area contributed by atoms with Crippen LogP contribution in [-0.2, 0) is 11.2 Å². The lowest BCUT2D eigenvalue weighted by Gasteiger charge is -2.06. The fraction of sp³-hybridized carbons (Fsp3) is 0.462. The number of nitrogens with one attached hydrogen (secondary N) is 1. The van der Waals surface area contributed by atoms with E-state index in [0.29, 0.717) is 37.1 Å². The van der Waals surface area contributed by atoms with E-state index in [4.69, 9.17) is 4.42 Å². The highest BCUT2D eigenvalue weighted by Gasteiger charge is 2.10. The van der Waals surface area contributed by atoms with Crippen molar-refractivity contribution in [3.8, 4) is 11.5 Å². The molecule has 2 heterocycles. The molecule has 2 rings (SSSR count). The lowest BCUT2D eigenvalue weighted by Crippen LogP contribution is -2.27. The van der Waals surface area contributed by atoms with Crippen molar-refractivity contribution < 1.29 is 9.21 Å². The topological polar surface area (TPSA) is 68.0 Å². The molecule has 5 nitrogen and oxygen atoms in total. The molecule has 0 aliphatic heterocycles. The summed E-state index contributed by atoms with van der Waals surface area (Å²) >= 11 is 1.58. The monoisotopic (exact) mass is 279 g/mol. The van der Waals surface area contributed by atoms with Crippen molar-refractivity contribution in [1.29, 1.82) is 0 Å². The molecule has 0 saturated heterocycles. The van der Waals surface area contributed by atoms with Crippen LogP contribution in [0.15, 0.2) is 21.2 Å². The quantitative estimate of drug-likeness (QED) is 0.882. The Kier molecular flexibility index (Phi) is 4.68. The molecule has 6 heteroatoms. The highest BCUT2D eigenvalue weighted by atomic mass is 32.1. The van der Waals surface area contributed by atoms with Crippen molar-refractivity contribution in [3.05, 3.63) is 22.7 Å². The second-order valence-electron chi connectivity index (χ2n) is 4.71. The van der Waals surface area contributed by atoms with Gasteiger partial charge in [0.05, 0.1) is 0 Å². The molecule has 0 radical (unpaired) electrons. The van der Waals surface area contributed by atoms with Gasteiger partial charge in [-0.3, -0.25) is 4.79 Å². The molecule has 0 aromatic carbocycles. The van der Waals surface area contributed by atoms with Gasteiger partial charge in [0.15, 0.2) is 0 Å². The van der Waals surface area contributed by atoms with Gasteiger partial charge in [-0.05, 0) is 17.4 Å². The molecule has 0 bridgehead atoms. The average Bonchev–Trinajstić information content (AvgIpc) is 3.03. The summed E-state index contributed by atoms with van der Waals surface area (Å²) in [5, 5.41) is 14.7. The lowest BCUT2D eigenvalue weighted by molar-refractivity contribution is -0.121. The molecule has 2 aromatic heterocycles. The van der Waals surface area contributed by atoms with Crippen LogP contribution in [0.3, 0.4) is 0 Å². The summed E-state index contributed by atoms with van der Waals surface area (Å²) in [6.07, 6.45) is 0.846. The van der Waals surface area contributed by atoms with Gasteiger partial charge in [0, 0.05) is 30.3 Å². The van der Waals surface area contributed by atoms with Crippen LogP contribution in [0.1, 0.15) is 26.2 Å². The maximum Gasteiger partial charge on any atom is 0.248 e. The minimum atomic E-state index is 0.0176. The maximum atomic E-state index is 11.6. The van der Waals surface area contributed by atoms with Crippen LogP contribution in [-0.4, -0.2) is 22.6 Å². The molecule has 1 N–H and O–H groups in total. The Hall–Kier alpha value is -1.69. The van der Waals surface area contributed by atoms with Crippen LogP contribution in [0.4, 0.5) is 0 Å². The Balaban J connectivity index is 1.82. The number of hydrogen-bond donors (Lipinski definition) is 1. The van der Waals surface area contributed by atoms with Crippen LogP contribution in [0.25, 0.3) is 11.5 Å². The molecule has 19 heavy (non-hydrogen) atoms.